The van der Waals surface area contributed by atoms with Crippen LogP contribution in [0, 0.1) is 5.41 Å². The molecule has 2 rings (SSSR count). The van der Waals surface area contributed by atoms with E-state index in [1.807, 2.05) is 12.1 Å². The molecule has 1 aromatic heterocycles. The molecule has 0 N–H and O–H groups in total. The van der Waals surface area contributed by atoms with Crippen molar-refractivity contribution in [3.05, 3.63) is 48.2 Å². The fourth-order valence-electron chi connectivity index (χ4n) is 1.84. The number of rotatable bonds is 2. The molecule has 0 saturated heterocycles. The minimum absolute atomic E-state index is 0.339. The largest absolute Gasteiger partial charge is 0.464 e. The van der Waals surface area contributed by atoms with E-state index in [0.29, 0.717) is 5.41 Å². The van der Waals surface area contributed by atoms with E-state index in [-0.39, 0.29) is 0 Å². The zero-order chi connectivity index (χ0) is 11.6. The van der Waals surface area contributed by atoms with Crippen molar-refractivity contribution in [2.45, 2.75) is 27.2 Å². The molecule has 1 aromatic carbocycles. The predicted octanol–water partition coefficient (Wildman–Crippen LogP) is 4.54. The first kappa shape index (κ1) is 11.0. The van der Waals surface area contributed by atoms with Crippen LogP contribution in [0.2, 0.25) is 0 Å². The summed E-state index contributed by atoms with van der Waals surface area (Å²) < 4.78 is 5.36. The van der Waals surface area contributed by atoms with E-state index in [9.17, 15) is 0 Å². The number of furan rings is 1. The smallest absolute Gasteiger partial charge is 0.133 e. The Morgan fingerprint density at radius 3 is 2.19 bits per heavy atom. The van der Waals surface area contributed by atoms with Gasteiger partial charge in [-0.15, -0.1) is 0 Å². The van der Waals surface area contributed by atoms with E-state index < -0.39 is 0 Å². The summed E-state index contributed by atoms with van der Waals surface area (Å²) in [5.74, 6) is 0.933. The fraction of sp³-hybridized carbons (Fsp3) is 0.333. The zero-order valence-corrected chi connectivity index (χ0v) is 10.2. The minimum atomic E-state index is 0.339. The van der Waals surface area contributed by atoms with Gasteiger partial charge in [-0.25, -0.2) is 0 Å². The number of hydrogen-bond donors (Lipinski definition) is 0. The van der Waals surface area contributed by atoms with Crippen molar-refractivity contribution in [3.63, 3.8) is 0 Å². The molecule has 0 radical (unpaired) electrons. The molecule has 84 valence electrons. The molecule has 1 nitrogen and oxygen atoms in total. The van der Waals surface area contributed by atoms with E-state index in [0.717, 1.165) is 17.7 Å². The van der Waals surface area contributed by atoms with Crippen molar-refractivity contribution in [1.29, 1.82) is 0 Å². The summed E-state index contributed by atoms with van der Waals surface area (Å²) in [4.78, 5) is 0. The van der Waals surface area contributed by atoms with Gasteiger partial charge in [0.05, 0.1) is 6.26 Å². The third kappa shape index (κ3) is 2.75. The Hall–Kier alpha value is -1.50. The van der Waals surface area contributed by atoms with Crippen LogP contribution in [0.15, 0.2) is 47.1 Å². The van der Waals surface area contributed by atoms with Gasteiger partial charge in [0.15, 0.2) is 0 Å². The Morgan fingerprint density at radius 1 is 1.00 bits per heavy atom. The molecule has 16 heavy (non-hydrogen) atoms. The molecule has 0 unspecified atom stereocenters. The summed E-state index contributed by atoms with van der Waals surface area (Å²) in [6.07, 6.45) is 2.81. The lowest BCUT2D eigenvalue weighted by Gasteiger charge is -2.18. The second-order valence-electron chi connectivity index (χ2n) is 5.41. The van der Waals surface area contributed by atoms with Crippen molar-refractivity contribution in [2.24, 2.45) is 5.41 Å². The molecule has 1 heterocycles. The Balaban J connectivity index is 2.17. The van der Waals surface area contributed by atoms with Crippen LogP contribution in [-0.2, 0) is 6.42 Å². The second-order valence-corrected chi connectivity index (χ2v) is 5.41. The second kappa shape index (κ2) is 4.17. The average molecular weight is 214 g/mol. The Kier molecular flexibility index (Phi) is 2.86. The first-order valence-electron chi connectivity index (χ1n) is 5.67. The van der Waals surface area contributed by atoms with Crippen LogP contribution in [0.4, 0.5) is 0 Å². The molecule has 0 aliphatic rings. The number of hydrogen-bond acceptors (Lipinski definition) is 1. The van der Waals surface area contributed by atoms with Crippen LogP contribution in [0.1, 0.15) is 26.3 Å². The van der Waals surface area contributed by atoms with Crippen LogP contribution in [0.5, 0.6) is 0 Å². The van der Waals surface area contributed by atoms with Gasteiger partial charge in [0.2, 0.25) is 0 Å². The summed E-state index contributed by atoms with van der Waals surface area (Å²) in [7, 11) is 0. The van der Waals surface area contributed by atoms with Crippen LogP contribution < -0.4 is 0 Å². The van der Waals surface area contributed by atoms with Gasteiger partial charge >= 0.3 is 0 Å². The fourth-order valence-corrected chi connectivity index (χ4v) is 1.84. The molecule has 0 saturated carbocycles. The SMILES string of the molecule is CC(C)(C)Cc1ccc(-c2ccco2)cc1. The topological polar surface area (TPSA) is 13.1 Å². The Bertz CT molecular complexity index is 429. The number of benzene rings is 1. The van der Waals surface area contributed by atoms with E-state index in [2.05, 4.69) is 45.0 Å². The summed E-state index contributed by atoms with van der Waals surface area (Å²) >= 11 is 0. The molecule has 2 aromatic rings. The Labute approximate surface area is 97.1 Å². The molecule has 0 bridgehead atoms. The summed E-state index contributed by atoms with van der Waals surface area (Å²) in [6.45, 7) is 6.77. The average Bonchev–Trinajstić information content (AvgIpc) is 2.69. The summed E-state index contributed by atoms with van der Waals surface area (Å²) in [5, 5.41) is 0. The Morgan fingerprint density at radius 2 is 1.69 bits per heavy atom. The molecular weight excluding hydrogens is 196 g/mol. The monoisotopic (exact) mass is 214 g/mol. The highest BCUT2D eigenvalue weighted by molar-refractivity contribution is 5.57. The molecule has 0 fully saturated rings. The van der Waals surface area contributed by atoms with Gasteiger partial charge in [-0.2, -0.15) is 0 Å². The lowest BCUT2D eigenvalue weighted by Crippen LogP contribution is -2.08. The van der Waals surface area contributed by atoms with Crippen LogP contribution in [-0.4, -0.2) is 0 Å². The van der Waals surface area contributed by atoms with Gasteiger partial charge < -0.3 is 4.42 Å². The summed E-state index contributed by atoms with van der Waals surface area (Å²) in [6, 6.07) is 12.5. The van der Waals surface area contributed by atoms with Crippen molar-refractivity contribution < 1.29 is 4.42 Å². The van der Waals surface area contributed by atoms with Gasteiger partial charge in [0, 0.05) is 5.56 Å². The molecule has 0 aliphatic carbocycles. The van der Waals surface area contributed by atoms with E-state index in [1.54, 1.807) is 6.26 Å². The van der Waals surface area contributed by atoms with Crippen LogP contribution >= 0.6 is 0 Å². The normalized spacial score (nSPS) is 11.7. The summed E-state index contributed by atoms with van der Waals surface area (Å²) in [5.41, 5.74) is 2.86. The van der Waals surface area contributed by atoms with Crippen LogP contribution in [0.3, 0.4) is 0 Å². The molecule has 1 heteroatoms. The van der Waals surface area contributed by atoms with Gasteiger partial charge in [0.25, 0.3) is 0 Å². The lowest BCUT2D eigenvalue weighted by atomic mass is 9.88. The van der Waals surface area contributed by atoms with E-state index in [1.165, 1.54) is 5.56 Å². The molecule has 0 amide bonds. The third-order valence-electron chi connectivity index (χ3n) is 2.49. The highest BCUT2D eigenvalue weighted by atomic mass is 16.3. The highest BCUT2D eigenvalue weighted by Crippen LogP contribution is 2.24. The first-order valence-corrected chi connectivity index (χ1v) is 5.67. The quantitative estimate of drug-likeness (QED) is 0.715. The van der Waals surface area contributed by atoms with E-state index in [4.69, 9.17) is 4.42 Å². The van der Waals surface area contributed by atoms with Crippen molar-refractivity contribution in [1.82, 2.24) is 0 Å². The maximum Gasteiger partial charge on any atom is 0.133 e. The van der Waals surface area contributed by atoms with Crippen molar-refractivity contribution >= 4 is 0 Å². The molecular formula is C15H18O. The molecule has 0 atom stereocenters. The predicted molar refractivity (Wildman–Crippen MR) is 67.3 cm³/mol. The van der Waals surface area contributed by atoms with Gasteiger partial charge in [-0.3, -0.25) is 0 Å². The molecule has 0 spiro atoms. The minimum Gasteiger partial charge on any atom is -0.464 e. The van der Waals surface area contributed by atoms with Gasteiger partial charge in [-0.1, -0.05) is 45.0 Å². The van der Waals surface area contributed by atoms with Gasteiger partial charge in [0.1, 0.15) is 5.76 Å². The standard InChI is InChI=1S/C15H18O/c1-15(2,3)11-12-6-8-13(9-7-12)14-5-4-10-16-14/h4-10H,11H2,1-3H3. The first-order chi connectivity index (χ1) is 7.54. The lowest BCUT2D eigenvalue weighted by molar-refractivity contribution is 0.411. The molecule has 0 aliphatic heterocycles. The third-order valence-corrected chi connectivity index (χ3v) is 2.49. The van der Waals surface area contributed by atoms with Crippen molar-refractivity contribution in [3.8, 4) is 11.3 Å². The zero-order valence-electron chi connectivity index (χ0n) is 10.2. The maximum absolute atomic E-state index is 5.36. The van der Waals surface area contributed by atoms with Gasteiger partial charge in [-0.05, 0) is 29.5 Å². The maximum atomic E-state index is 5.36. The van der Waals surface area contributed by atoms with E-state index >= 15 is 0 Å². The van der Waals surface area contributed by atoms with Crippen molar-refractivity contribution in [2.75, 3.05) is 0 Å². The highest BCUT2D eigenvalue weighted by Gasteiger charge is 2.11. The van der Waals surface area contributed by atoms with Crippen LogP contribution in [0.25, 0.3) is 11.3 Å².